The molecule has 0 saturated heterocycles. The second kappa shape index (κ2) is 5.65. The molecular weight excluding hydrogens is 206 g/mol. The summed E-state index contributed by atoms with van der Waals surface area (Å²) in [6, 6.07) is 0. The Morgan fingerprint density at radius 2 is 2.25 bits per heavy atom. The van der Waals surface area contributed by atoms with E-state index in [9.17, 15) is 4.79 Å². The van der Waals surface area contributed by atoms with Crippen LogP contribution in [0.15, 0.2) is 0 Å². The molecule has 0 fully saturated rings. The minimum atomic E-state index is -0.102. The van der Waals surface area contributed by atoms with Crippen molar-refractivity contribution in [1.29, 1.82) is 0 Å². The van der Waals surface area contributed by atoms with Crippen molar-refractivity contribution in [1.82, 2.24) is 15.5 Å². The topological polar surface area (TPSA) is 67.0 Å². The Labute approximate surface area is 95.6 Å². The summed E-state index contributed by atoms with van der Waals surface area (Å²) in [6.07, 6.45) is 0.0291. The Bertz CT molecular complexity index is 341. The van der Waals surface area contributed by atoms with Gasteiger partial charge >= 0.3 is 0 Å². The highest BCUT2D eigenvalue weighted by Gasteiger charge is 2.15. The van der Waals surface area contributed by atoms with Gasteiger partial charge in [0.2, 0.25) is 0 Å². The standard InChI is InChI=1S/C11H19N3O2/c1-5-16-7(2)6-12-11(15)10-8(3)13-14-9(10)4/h7H,5-6H2,1-4H3,(H,12,15)(H,13,14). The van der Waals surface area contributed by atoms with Crippen molar-refractivity contribution in [2.75, 3.05) is 13.2 Å². The van der Waals surface area contributed by atoms with E-state index >= 15 is 0 Å². The number of carbonyl (C=O) groups excluding carboxylic acids is 1. The van der Waals surface area contributed by atoms with Crippen molar-refractivity contribution in [2.45, 2.75) is 33.8 Å². The number of rotatable bonds is 5. The molecule has 1 amide bonds. The van der Waals surface area contributed by atoms with Gasteiger partial charge in [-0.05, 0) is 27.7 Å². The monoisotopic (exact) mass is 225 g/mol. The lowest BCUT2D eigenvalue weighted by Gasteiger charge is -2.12. The average Bonchev–Trinajstić information content (AvgIpc) is 2.56. The number of ether oxygens (including phenoxy) is 1. The number of aromatic amines is 1. The Morgan fingerprint density at radius 3 is 2.75 bits per heavy atom. The molecule has 5 nitrogen and oxygen atoms in total. The number of nitrogens with zero attached hydrogens (tertiary/aromatic N) is 1. The van der Waals surface area contributed by atoms with E-state index in [0.717, 1.165) is 11.4 Å². The zero-order chi connectivity index (χ0) is 12.1. The molecule has 5 heteroatoms. The van der Waals surface area contributed by atoms with Crippen LogP contribution in [0.5, 0.6) is 0 Å². The van der Waals surface area contributed by atoms with Gasteiger partial charge in [-0.15, -0.1) is 0 Å². The molecule has 0 aromatic carbocycles. The van der Waals surface area contributed by atoms with E-state index in [0.29, 0.717) is 18.7 Å². The molecule has 0 bridgehead atoms. The van der Waals surface area contributed by atoms with Gasteiger partial charge in [0.25, 0.3) is 5.91 Å². The summed E-state index contributed by atoms with van der Waals surface area (Å²) in [5.74, 6) is -0.102. The van der Waals surface area contributed by atoms with Gasteiger partial charge in [0.15, 0.2) is 0 Å². The maximum absolute atomic E-state index is 11.8. The van der Waals surface area contributed by atoms with Crippen molar-refractivity contribution in [3.8, 4) is 0 Å². The van der Waals surface area contributed by atoms with Gasteiger partial charge < -0.3 is 10.1 Å². The lowest BCUT2D eigenvalue weighted by atomic mass is 10.2. The van der Waals surface area contributed by atoms with E-state index in [1.807, 2.05) is 27.7 Å². The van der Waals surface area contributed by atoms with Gasteiger partial charge in [-0.1, -0.05) is 0 Å². The third kappa shape index (κ3) is 3.06. The first-order valence-electron chi connectivity index (χ1n) is 5.47. The minimum Gasteiger partial charge on any atom is -0.377 e. The molecule has 0 aliphatic carbocycles. The van der Waals surface area contributed by atoms with Crippen LogP contribution in [0.25, 0.3) is 0 Å². The van der Waals surface area contributed by atoms with Crippen molar-refractivity contribution in [2.24, 2.45) is 0 Å². The smallest absolute Gasteiger partial charge is 0.255 e. The van der Waals surface area contributed by atoms with Gasteiger partial charge in [-0.2, -0.15) is 5.10 Å². The Balaban J connectivity index is 2.53. The van der Waals surface area contributed by atoms with E-state index in [-0.39, 0.29) is 12.0 Å². The third-order valence-corrected chi connectivity index (χ3v) is 2.36. The van der Waals surface area contributed by atoms with Gasteiger partial charge in [0, 0.05) is 18.8 Å². The first-order valence-corrected chi connectivity index (χ1v) is 5.47. The van der Waals surface area contributed by atoms with Crippen LogP contribution in [0.3, 0.4) is 0 Å². The maximum atomic E-state index is 11.8. The Morgan fingerprint density at radius 1 is 1.56 bits per heavy atom. The first-order chi connectivity index (χ1) is 7.56. The van der Waals surface area contributed by atoms with E-state index in [4.69, 9.17) is 4.74 Å². The minimum absolute atomic E-state index is 0.0291. The highest BCUT2D eigenvalue weighted by molar-refractivity contribution is 5.96. The lowest BCUT2D eigenvalue weighted by molar-refractivity contribution is 0.0694. The molecule has 1 unspecified atom stereocenters. The van der Waals surface area contributed by atoms with Gasteiger partial charge in [-0.25, -0.2) is 0 Å². The van der Waals surface area contributed by atoms with Crippen LogP contribution in [0.1, 0.15) is 35.6 Å². The van der Waals surface area contributed by atoms with Crippen LogP contribution in [0.4, 0.5) is 0 Å². The number of hydrogen-bond donors (Lipinski definition) is 2. The molecule has 0 aliphatic rings. The summed E-state index contributed by atoms with van der Waals surface area (Å²) in [5, 5.41) is 9.60. The van der Waals surface area contributed by atoms with E-state index in [2.05, 4.69) is 15.5 Å². The normalized spacial score (nSPS) is 12.5. The number of H-pyrrole nitrogens is 1. The summed E-state index contributed by atoms with van der Waals surface area (Å²) in [7, 11) is 0. The highest BCUT2D eigenvalue weighted by Crippen LogP contribution is 2.08. The molecular formula is C11H19N3O2. The van der Waals surface area contributed by atoms with Crippen LogP contribution in [0.2, 0.25) is 0 Å². The Kier molecular flexibility index (Phi) is 4.49. The molecule has 1 heterocycles. The molecule has 1 aromatic heterocycles. The molecule has 0 spiro atoms. The molecule has 1 aromatic rings. The number of hydrogen-bond acceptors (Lipinski definition) is 3. The summed E-state index contributed by atoms with van der Waals surface area (Å²) >= 11 is 0. The van der Waals surface area contributed by atoms with Gasteiger partial charge in [0.05, 0.1) is 17.4 Å². The van der Waals surface area contributed by atoms with Crippen LogP contribution in [-0.4, -0.2) is 35.4 Å². The molecule has 1 atom stereocenters. The SMILES string of the molecule is CCOC(C)CNC(=O)c1c(C)n[nH]c1C. The van der Waals surface area contributed by atoms with E-state index in [1.54, 1.807) is 0 Å². The van der Waals surface area contributed by atoms with Gasteiger partial charge in [-0.3, -0.25) is 9.89 Å². The molecule has 0 aliphatic heterocycles. The predicted octanol–water partition coefficient (Wildman–Crippen LogP) is 1.18. The van der Waals surface area contributed by atoms with Crippen molar-refractivity contribution >= 4 is 5.91 Å². The number of aryl methyl sites for hydroxylation is 2. The molecule has 1 rings (SSSR count). The summed E-state index contributed by atoms with van der Waals surface area (Å²) in [4.78, 5) is 11.8. The quantitative estimate of drug-likeness (QED) is 0.790. The van der Waals surface area contributed by atoms with E-state index < -0.39 is 0 Å². The summed E-state index contributed by atoms with van der Waals surface area (Å²) in [6.45, 7) is 8.67. The average molecular weight is 225 g/mol. The van der Waals surface area contributed by atoms with E-state index in [1.165, 1.54) is 0 Å². The Hall–Kier alpha value is -1.36. The summed E-state index contributed by atoms with van der Waals surface area (Å²) in [5.41, 5.74) is 2.14. The predicted molar refractivity (Wildman–Crippen MR) is 61.5 cm³/mol. The van der Waals surface area contributed by atoms with Crippen molar-refractivity contribution in [3.05, 3.63) is 17.0 Å². The fourth-order valence-corrected chi connectivity index (χ4v) is 1.55. The fourth-order valence-electron chi connectivity index (χ4n) is 1.55. The van der Waals surface area contributed by atoms with Gasteiger partial charge in [0.1, 0.15) is 0 Å². The maximum Gasteiger partial charge on any atom is 0.255 e. The second-order valence-corrected chi connectivity index (χ2v) is 3.79. The number of amides is 1. The zero-order valence-corrected chi connectivity index (χ0v) is 10.3. The largest absolute Gasteiger partial charge is 0.377 e. The number of carbonyl (C=O) groups is 1. The lowest BCUT2D eigenvalue weighted by Crippen LogP contribution is -2.32. The molecule has 0 saturated carbocycles. The second-order valence-electron chi connectivity index (χ2n) is 3.79. The molecule has 90 valence electrons. The first kappa shape index (κ1) is 12.7. The van der Waals surface area contributed by atoms with Crippen LogP contribution in [0, 0.1) is 13.8 Å². The summed E-state index contributed by atoms with van der Waals surface area (Å²) < 4.78 is 5.33. The van der Waals surface area contributed by atoms with Crippen molar-refractivity contribution < 1.29 is 9.53 Å². The van der Waals surface area contributed by atoms with Crippen LogP contribution >= 0.6 is 0 Å². The molecule has 16 heavy (non-hydrogen) atoms. The highest BCUT2D eigenvalue weighted by atomic mass is 16.5. The van der Waals surface area contributed by atoms with Crippen LogP contribution in [-0.2, 0) is 4.74 Å². The fraction of sp³-hybridized carbons (Fsp3) is 0.636. The number of aromatic nitrogens is 2. The molecule has 2 N–H and O–H groups in total. The molecule has 0 radical (unpaired) electrons. The number of nitrogens with one attached hydrogen (secondary N) is 2. The van der Waals surface area contributed by atoms with Crippen LogP contribution < -0.4 is 5.32 Å². The van der Waals surface area contributed by atoms with Crippen molar-refractivity contribution in [3.63, 3.8) is 0 Å². The third-order valence-electron chi connectivity index (χ3n) is 2.36. The zero-order valence-electron chi connectivity index (χ0n) is 10.3.